The molecule has 28 heavy (non-hydrogen) atoms. The highest BCUT2D eigenvalue weighted by molar-refractivity contribution is 5.89. The lowest BCUT2D eigenvalue weighted by molar-refractivity contribution is -0.139. The Morgan fingerprint density at radius 3 is 2.36 bits per heavy atom. The molecule has 0 bridgehead atoms. The van der Waals surface area contributed by atoms with E-state index in [-0.39, 0.29) is 5.91 Å². The Labute approximate surface area is 166 Å². The number of nitrogens with zero attached hydrogens (tertiary/aromatic N) is 2. The van der Waals surface area contributed by atoms with Crippen LogP contribution in [0.25, 0.3) is 10.8 Å². The topological polar surface area (TPSA) is 32.8 Å². The van der Waals surface area contributed by atoms with E-state index in [1.54, 1.807) is 0 Å². The van der Waals surface area contributed by atoms with Crippen LogP contribution >= 0.6 is 0 Å². The van der Waals surface area contributed by atoms with Gasteiger partial charge in [-0.15, -0.1) is 0 Å². The van der Waals surface area contributed by atoms with E-state index in [4.69, 9.17) is 4.74 Å². The molecule has 3 aromatic rings. The number of ether oxygens (including phenoxy) is 1. The summed E-state index contributed by atoms with van der Waals surface area (Å²) in [6.07, 6.45) is -0.494. The van der Waals surface area contributed by atoms with Gasteiger partial charge in [0, 0.05) is 38.1 Å². The molecule has 4 nitrogen and oxygen atoms in total. The van der Waals surface area contributed by atoms with Gasteiger partial charge in [-0.3, -0.25) is 9.69 Å². The first kappa shape index (κ1) is 18.5. The van der Waals surface area contributed by atoms with Gasteiger partial charge in [0.15, 0.2) is 6.10 Å². The largest absolute Gasteiger partial charge is 0.480 e. The van der Waals surface area contributed by atoms with Gasteiger partial charge in [-0.05, 0) is 23.9 Å². The van der Waals surface area contributed by atoms with Crippen LogP contribution in [0.2, 0.25) is 0 Å². The van der Waals surface area contributed by atoms with Crippen molar-refractivity contribution in [3.8, 4) is 5.75 Å². The molecule has 1 aliphatic heterocycles. The summed E-state index contributed by atoms with van der Waals surface area (Å²) < 4.78 is 6.06. The van der Waals surface area contributed by atoms with E-state index in [1.165, 1.54) is 5.56 Å². The fourth-order valence-electron chi connectivity index (χ4n) is 3.76. The summed E-state index contributed by atoms with van der Waals surface area (Å²) in [5.41, 5.74) is 1.31. The summed E-state index contributed by atoms with van der Waals surface area (Å²) in [7, 11) is 0. The summed E-state index contributed by atoms with van der Waals surface area (Å²) in [4.78, 5) is 17.2. The van der Waals surface area contributed by atoms with Crippen LogP contribution in [0.1, 0.15) is 12.5 Å². The molecule has 0 saturated carbocycles. The Balaban J connectivity index is 1.34. The van der Waals surface area contributed by atoms with Crippen LogP contribution in [0.4, 0.5) is 0 Å². The lowest BCUT2D eigenvalue weighted by Gasteiger charge is -2.36. The number of rotatable bonds is 5. The maximum atomic E-state index is 12.9. The Hall–Kier alpha value is -2.85. The molecule has 0 radical (unpaired) electrons. The standard InChI is InChI=1S/C24H26N2O2/c1-19(28-23-13-7-11-21-10-5-6-12-22(21)23)24(27)26-16-14-25(15-17-26)18-20-8-3-2-4-9-20/h2-13,19H,14-18H2,1H3. The van der Waals surface area contributed by atoms with Crippen LogP contribution in [-0.4, -0.2) is 48.0 Å². The highest BCUT2D eigenvalue weighted by Gasteiger charge is 2.26. The molecule has 1 amide bonds. The molecule has 1 heterocycles. The van der Waals surface area contributed by atoms with Gasteiger partial charge in [0.1, 0.15) is 5.75 Å². The van der Waals surface area contributed by atoms with Crippen LogP contribution in [0, 0.1) is 0 Å². The fraction of sp³-hybridized carbons (Fsp3) is 0.292. The molecule has 0 aliphatic carbocycles. The maximum Gasteiger partial charge on any atom is 0.263 e. The zero-order chi connectivity index (χ0) is 19.3. The monoisotopic (exact) mass is 374 g/mol. The second-order valence-corrected chi connectivity index (χ2v) is 7.32. The number of hydrogen-bond acceptors (Lipinski definition) is 3. The molecule has 1 fully saturated rings. The van der Waals surface area contributed by atoms with Gasteiger partial charge in [0.25, 0.3) is 5.91 Å². The van der Waals surface area contributed by atoms with Crippen molar-refractivity contribution in [3.05, 3.63) is 78.4 Å². The van der Waals surface area contributed by atoms with E-state index in [2.05, 4.69) is 41.3 Å². The predicted octanol–water partition coefficient (Wildman–Crippen LogP) is 3.95. The van der Waals surface area contributed by atoms with E-state index in [9.17, 15) is 4.79 Å². The van der Waals surface area contributed by atoms with Crippen molar-refractivity contribution in [2.24, 2.45) is 0 Å². The van der Waals surface area contributed by atoms with Crippen molar-refractivity contribution in [3.63, 3.8) is 0 Å². The van der Waals surface area contributed by atoms with Crippen LogP contribution in [0.15, 0.2) is 72.8 Å². The molecule has 1 saturated heterocycles. The third kappa shape index (κ3) is 4.18. The number of piperazine rings is 1. The van der Waals surface area contributed by atoms with E-state index in [1.807, 2.05) is 48.2 Å². The zero-order valence-electron chi connectivity index (χ0n) is 16.3. The van der Waals surface area contributed by atoms with Crippen LogP contribution in [-0.2, 0) is 11.3 Å². The average Bonchev–Trinajstić information content (AvgIpc) is 2.75. The lowest BCUT2D eigenvalue weighted by Crippen LogP contribution is -2.51. The van der Waals surface area contributed by atoms with Crippen molar-refractivity contribution in [2.75, 3.05) is 26.2 Å². The van der Waals surface area contributed by atoms with E-state index >= 15 is 0 Å². The first-order chi connectivity index (χ1) is 13.7. The van der Waals surface area contributed by atoms with Crippen LogP contribution in [0.5, 0.6) is 5.75 Å². The number of amides is 1. The first-order valence-corrected chi connectivity index (χ1v) is 9.90. The Morgan fingerprint density at radius 1 is 0.893 bits per heavy atom. The summed E-state index contributed by atoms with van der Waals surface area (Å²) in [5, 5.41) is 2.16. The van der Waals surface area contributed by atoms with Gasteiger partial charge in [-0.2, -0.15) is 0 Å². The van der Waals surface area contributed by atoms with Gasteiger partial charge in [-0.1, -0.05) is 66.7 Å². The minimum Gasteiger partial charge on any atom is -0.480 e. The van der Waals surface area contributed by atoms with E-state index in [0.29, 0.717) is 0 Å². The molecule has 1 unspecified atom stereocenters. The molecule has 3 aromatic carbocycles. The first-order valence-electron chi connectivity index (χ1n) is 9.90. The Morgan fingerprint density at radius 2 is 1.57 bits per heavy atom. The third-order valence-corrected chi connectivity index (χ3v) is 5.33. The van der Waals surface area contributed by atoms with Crippen LogP contribution in [0.3, 0.4) is 0 Å². The second-order valence-electron chi connectivity index (χ2n) is 7.32. The molecule has 0 aromatic heterocycles. The number of carbonyl (C=O) groups is 1. The number of hydrogen-bond donors (Lipinski definition) is 0. The van der Waals surface area contributed by atoms with Gasteiger partial charge in [-0.25, -0.2) is 0 Å². The number of benzene rings is 3. The van der Waals surface area contributed by atoms with Gasteiger partial charge < -0.3 is 9.64 Å². The molecule has 0 spiro atoms. The molecule has 0 N–H and O–H groups in total. The molecular weight excluding hydrogens is 348 g/mol. The minimum atomic E-state index is -0.494. The van der Waals surface area contributed by atoms with Crippen molar-refractivity contribution >= 4 is 16.7 Å². The average molecular weight is 374 g/mol. The molecule has 1 aliphatic rings. The van der Waals surface area contributed by atoms with E-state index < -0.39 is 6.10 Å². The highest BCUT2D eigenvalue weighted by Crippen LogP contribution is 2.26. The summed E-state index contributed by atoms with van der Waals surface area (Å²) >= 11 is 0. The second kappa shape index (κ2) is 8.44. The maximum absolute atomic E-state index is 12.9. The number of fused-ring (bicyclic) bond motifs is 1. The van der Waals surface area contributed by atoms with Crippen molar-refractivity contribution in [1.29, 1.82) is 0 Å². The normalized spacial score (nSPS) is 16.1. The molecular formula is C24H26N2O2. The smallest absolute Gasteiger partial charge is 0.263 e. The SMILES string of the molecule is CC(Oc1cccc2ccccc12)C(=O)N1CCN(Cc2ccccc2)CC1. The van der Waals surface area contributed by atoms with Crippen molar-refractivity contribution in [2.45, 2.75) is 19.6 Å². The van der Waals surface area contributed by atoms with Gasteiger partial charge in [0.05, 0.1) is 0 Å². The molecule has 1 atom stereocenters. The van der Waals surface area contributed by atoms with Gasteiger partial charge in [0.2, 0.25) is 0 Å². The minimum absolute atomic E-state index is 0.0623. The fourth-order valence-corrected chi connectivity index (χ4v) is 3.76. The van der Waals surface area contributed by atoms with Gasteiger partial charge >= 0.3 is 0 Å². The Bertz CT molecular complexity index is 928. The quantitative estimate of drug-likeness (QED) is 0.678. The summed E-state index contributed by atoms with van der Waals surface area (Å²) in [5.74, 6) is 0.828. The molecule has 144 valence electrons. The molecule has 4 rings (SSSR count). The number of carbonyl (C=O) groups excluding carboxylic acids is 1. The third-order valence-electron chi connectivity index (χ3n) is 5.33. The van der Waals surface area contributed by atoms with Crippen molar-refractivity contribution in [1.82, 2.24) is 9.80 Å². The lowest BCUT2D eigenvalue weighted by atomic mass is 10.1. The zero-order valence-corrected chi connectivity index (χ0v) is 16.3. The highest BCUT2D eigenvalue weighted by atomic mass is 16.5. The predicted molar refractivity (Wildman–Crippen MR) is 112 cm³/mol. The van der Waals surface area contributed by atoms with E-state index in [0.717, 1.165) is 49.2 Å². The molecule has 4 heteroatoms. The summed E-state index contributed by atoms with van der Waals surface area (Å²) in [6.45, 7) is 6.05. The Kier molecular flexibility index (Phi) is 5.58. The summed E-state index contributed by atoms with van der Waals surface area (Å²) in [6, 6.07) is 24.5. The van der Waals surface area contributed by atoms with Crippen molar-refractivity contribution < 1.29 is 9.53 Å². The van der Waals surface area contributed by atoms with Crippen LogP contribution < -0.4 is 4.74 Å².